The van der Waals surface area contributed by atoms with Crippen LogP contribution < -0.4 is 4.74 Å². The van der Waals surface area contributed by atoms with Crippen LogP contribution in [0.2, 0.25) is 0 Å². The number of amides is 1. The summed E-state index contributed by atoms with van der Waals surface area (Å²) < 4.78 is 10.1. The second-order valence-electron chi connectivity index (χ2n) is 4.91. The fraction of sp³-hybridized carbons (Fsp3) is 0.222. The van der Waals surface area contributed by atoms with E-state index in [2.05, 4.69) is 4.74 Å². The molecular formula is C18H19NO4. The standard InChI is InChI=1S/C18H19NO4/c1-22-18(21)13-19(12-15-8-4-2-5-9-15)17(20)14-23-16-10-6-3-7-11-16/h2-11H,12-14H2,1H3. The van der Waals surface area contributed by atoms with Crippen LogP contribution in [0.1, 0.15) is 5.56 Å². The predicted octanol–water partition coefficient (Wildman–Crippen LogP) is 2.27. The lowest BCUT2D eigenvalue weighted by Crippen LogP contribution is -2.38. The van der Waals surface area contributed by atoms with Crippen molar-refractivity contribution in [3.05, 3.63) is 66.2 Å². The molecule has 0 unspecified atom stereocenters. The van der Waals surface area contributed by atoms with Gasteiger partial charge in [0.15, 0.2) is 6.61 Å². The first-order valence-electron chi connectivity index (χ1n) is 7.25. The average molecular weight is 313 g/mol. The molecule has 0 N–H and O–H groups in total. The number of ether oxygens (including phenoxy) is 2. The first-order valence-corrected chi connectivity index (χ1v) is 7.25. The van der Waals surface area contributed by atoms with Crippen LogP contribution in [-0.4, -0.2) is 37.0 Å². The smallest absolute Gasteiger partial charge is 0.325 e. The number of nitrogens with zero attached hydrogens (tertiary/aromatic N) is 1. The molecule has 1 amide bonds. The molecule has 0 aromatic heterocycles. The van der Waals surface area contributed by atoms with E-state index in [1.165, 1.54) is 12.0 Å². The Morgan fingerprint density at radius 3 is 2.17 bits per heavy atom. The molecule has 5 nitrogen and oxygen atoms in total. The number of carbonyl (C=O) groups is 2. The van der Waals surface area contributed by atoms with E-state index in [1.807, 2.05) is 48.5 Å². The molecule has 2 aromatic carbocycles. The molecule has 2 rings (SSSR count). The molecule has 0 fully saturated rings. The maximum absolute atomic E-state index is 12.4. The van der Waals surface area contributed by atoms with Gasteiger partial charge in [-0.1, -0.05) is 48.5 Å². The fourth-order valence-electron chi connectivity index (χ4n) is 2.01. The van der Waals surface area contributed by atoms with Crippen LogP contribution in [0.15, 0.2) is 60.7 Å². The highest BCUT2D eigenvalue weighted by molar-refractivity contribution is 5.83. The van der Waals surface area contributed by atoms with E-state index in [0.29, 0.717) is 12.3 Å². The molecule has 0 aliphatic carbocycles. The SMILES string of the molecule is COC(=O)CN(Cc1ccccc1)C(=O)COc1ccccc1. The summed E-state index contributed by atoms with van der Waals surface area (Å²) in [4.78, 5) is 25.3. The molecule has 0 spiro atoms. The number of benzene rings is 2. The van der Waals surface area contributed by atoms with Crippen molar-refractivity contribution in [1.82, 2.24) is 4.90 Å². The third-order valence-electron chi connectivity index (χ3n) is 3.22. The van der Waals surface area contributed by atoms with Gasteiger partial charge in [0.2, 0.25) is 0 Å². The molecule has 0 radical (unpaired) electrons. The average Bonchev–Trinajstić information content (AvgIpc) is 2.60. The van der Waals surface area contributed by atoms with Gasteiger partial charge < -0.3 is 14.4 Å². The molecule has 0 atom stereocenters. The quantitative estimate of drug-likeness (QED) is 0.736. The highest BCUT2D eigenvalue weighted by Crippen LogP contribution is 2.10. The third kappa shape index (κ3) is 5.47. The van der Waals surface area contributed by atoms with Crippen LogP contribution in [0.3, 0.4) is 0 Å². The van der Waals surface area contributed by atoms with Crippen LogP contribution in [0.4, 0.5) is 0 Å². The van der Waals surface area contributed by atoms with E-state index < -0.39 is 5.97 Å². The van der Waals surface area contributed by atoms with Gasteiger partial charge in [-0.3, -0.25) is 9.59 Å². The van der Waals surface area contributed by atoms with Gasteiger partial charge in [-0.05, 0) is 17.7 Å². The Morgan fingerprint density at radius 2 is 1.57 bits per heavy atom. The van der Waals surface area contributed by atoms with Crippen molar-refractivity contribution in [3.8, 4) is 5.75 Å². The molecule has 0 aliphatic rings. The third-order valence-corrected chi connectivity index (χ3v) is 3.22. The second kappa shape index (κ2) is 8.58. The summed E-state index contributed by atoms with van der Waals surface area (Å²) in [6.45, 7) is 0.0864. The van der Waals surface area contributed by atoms with Gasteiger partial charge in [-0.25, -0.2) is 0 Å². The van der Waals surface area contributed by atoms with Gasteiger partial charge in [0.05, 0.1) is 7.11 Å². The zero-order chi connectivity index (χ0) is 16.5. The van der Waals surface area contributed by atoms with E-state index in [-0.39, 0.29) is 19.1 Å². The van der Waals surface area contributed by atoms with E-state index in [4.69, 9.17) is 4.74 Å². The molecule has 120 valence electrons. The summed E-state index contributed by atoms with van der Waals surface area (Å²) in [5, 5.41) is 0. The lowest BCUT2D eigenvalue weighted by Gasteiger charge is -2.21. The molecule has 0 bridgehead atoms. The molecule has 0 aliphatic heterocycles. The molecule has 2 aromatic rings. The van der Waals surface area contributed by atoms with Crippen LogP contribution in [0.25, 0.3) is 0 Å². The minimum Gasteiger partial charge on any atom is -0.484 e. The number of para-hydroxylation sites is 1. The van der Waals surface area contributed by atoms with Crippen molar-refractivity contribution in [2.24, 2.45) is 0 Å². The summed E-state index contributed by atoms with van der Waals surface area (Å²) in [7, 11) is 1.30. The largest absolute Gasteiger partial charge is 0.484 e. The van der Waals surface area contributed by atoms with E-state index in [1.54, 1.807) is 12.1 Å². The summed E-state index contributed by atoms with van der Waals surface area (Å²) >= 11 is 0. The molecule has 0 saturated heterocycles. The highest BCUT2D eigenvalue weighted by atomic mass is 16.5. The number of methoxy groups -OCH3 is 1. The van der Waals surface area contributed by atoms with Crippen molar-refractivity contribution in [1.29, 1.82) is 0 Å². The first kappa shape index (κ1) is 16.5. The molecule has 5 heteroatoms. The van der Waals surface area contributed by atoms with Gasteiger partial charge in [-0.15, -0.1) is 0 Å². The maximum atomic E-state index is 12.4. The Kier molecular flexibility index (Phi) is 6.17. The van der Waals surface area contributed by atoms with Gasteiger partial charge >= 0.3 is 5.97 Å². The Labute approximate surface area is 135 Å². The Hall–Kier alpha value is -2.82. The number of rotatable bonds is 7. The molecule has 0 heterocycles. The summed E-state index contributed by atoms with van der Waals surface area (Å²) in [5.74, 6) is -0.129. The van der Waals surface area contributed by atoms with Crippen LogP contribution in [-0.2, 0) is 20.9 Å². The molecule has 23 heavy (non-hydrogen) atoms. The van der Waals surface area contributed by atoms with Crippen molar-refractivity contribution in [3.63, 3.8) is 0 Å². The summed E-state index contributed by atoms with van der Waals surface area (Å²) in [5.41, 5.74) is 0.935. The first-order chi connectivity index (χ1) is 11.2. The fourth-order valence-corrected chi connectivity index (χ4v) is 2.01. The van der Waals surface area contributed by atoms with Gasteiger partial charge in [0.25, 0.3) is 5.91 Å². The Balaban J connectivity index is 2.00. The van der Waals surface area contributed by atoms with Gasteiger partial charge in [0.1, 0.15) is 12.3 Å². The van der Waals surface area contributed by atoms with Crippen molar-refractivity contribution in [2.75, 3.05) is 20.3 Å². The second-order valence-corrected chi connectivity index (χ2v) is 4.91. The lowest BCUT2D eigenvalue weighted by atomic mass is 10.2. The Bertz CT molecular complexity index is 628. The Morgan fingerprint density at radius 1 is 0.957 bits per heavy atom. The number of carbonyl (C=O) groups excluding carboxylic acids is 2. The van der Waals surface area contributed by atoms with Crippen LogP contribution in [0, 0.1) is 0 Å². The predicted molar refractivity (Wildman–Crippen MR) is 85.8 cm³/mol. The number of hydrogen-bond donors (Lipinski definition) is 0. The van der Waals surface area contributed by atoms with E-state index in [0.717, 1.165) is 5.56 Å². The van der Waals surface area contributed by atoms with Gasteiger partial charge in [-0.2, -0.15) is 0 Å². The van der Waals surface area contributed by atoms with Crippen LogP contribution >= 0.6 is 0 Å². The maximum Gasteiger partial charge on any atom is 0.325 e. The summed E-state index contributed by atoms with van der Waals surface area (Å²) in [6.07, 6.45) is 0. The van der Waals surface area contributed by atoms with Crippen LogP contribution in [0.5, 0.6) is 5.75 Å². The van der Waals surface area contributed by atoms with Crippen molar-refractivity contribution >= 4 is 11.9 Å². The van der Waals surface area contributed by atoms with E-state index in [9.17, 15) is 9.59 Å². The van der Waals surface area contributed by atoms with Crippen molar-refractivity contribution < 1.29 is 19.1 Å². The molecular weight excluding hydrogens is 294 g/mol. The minimum atomic E-state index is -0.464. The zero-order valence-electron chi connectivity index (χ0n) is 13.0. The van der Waals surface area contributed by atoms with Crippen molar-refractivity contribution in [2.45, 2.75) is 6.54 Å². The number of esters is 1. The highest BCUT2D eigenvalue weighted by Gasteiger charge is 2.18. The lowest BCUT2D eigenvalue weighted by molar-refractivity contribution is -0.148. The monoisotopic (exact) mass is 313 g/mol. The molecule has 0 saturated carbocycles. The summed E-state index contributed by atoms with van der Waals surface area (Å²) in [6, 6.07) is 18.5. The number of hydrogen-bond acceptors (Lipinski definition) is 4. The van der Waals surface area contributed by atoms with E-state index >= 15 is 0 Å². The topological polar surface area (TPSA) is 55.8 Å². The zero-order valence-corrected chi connectivity index (χ0v) is 13.0. The normalized spacial score (nSPS) is 9.96. The minimum absolute atomic E-state index is 0.109. The van der Waals surface area contributed by atoms with Gasteiger partial charge in [0, 0.05) is 6.54 Å².